The number of hydrogen-bond donors (Lipinski definition) is 3. The zero-order valence-corrected chi connectivity index (χ0v) is 14.1. The van der Waals surface area contributed by atoms with Gasteiger partial charge in [-0.25, -0.2) is 4.98 Å². The van der Waals surface area contributed by atoms with Crippen LogP contribution < -0.4 is 10.9 Å². The van der Waals surface area contributed by atoms with E-state index < -0.39 is 0 Å². The maximum atomic E-state index is 12.1. The molecule has 7 nitrogen and oxygen atoms in total. The van der Waals surface area contributed by atoms with Crippen molar-refractivity contribution >= 4 is 33.7 Å². The summed E-state index contributed by atoms with van der Waals surface area (Å²) < 4.78 is 0. The number of benzene rings is 2. The highest BCUT2D eigenvalue weighted by molar-refractivity contribution is 6.01. The highest BCUT2D eigenvalue weighted by Gasteiger charge is 2.10. The van der Waals surface area contributed by atoms with Crippen molar-refractivity contribution in [3.05, 3.63) is 77.5 Å². The van der Waals surface area contributed by atoms with Crippen LogP contribution >= 0.6 is 0 Å². The minimum Gasteiger partial charge on any atom is -0.339 e. The lowest BCUT2D eigenvalue weighted by atomic mass is 10.0. The molecule has 0 amide bonds. The number of aromatic nitrogens is 5. The van der Waals surface area contributed by atoms with Crippen LogP contribution in [-0.4, -0.2) is 24.9 Å². The maximum Gasteiger partial charge on any atom is 0.278 e. The predicted molar refractivity (Wildman–Crippen MR) is 105 cm³/mol. The Morgan fingerprint density at radius 2 is 1.81 bits per heavy atom. The van der Waals surface area contributed by atoms with Gasteiger partial charge in [0.05, 0.1) is 17.5 Å². The number of H-pyrrole nitrogens is 2. The van der Waals surface area contributed by atoms with Crippen molar-refractivity contribution in [2.24, 2.45) is 0 Å². The van der Waals surface area contributed by atoms with Gasteiger partial charge in [-0.1, -0.05) is 42.5 Å². The van der Waals surface area contributed by atoms with Crippen molar-refractivity contribution in [3.63, 3.8) is 0 Å². The Balaban J connectivity index is 1.64. The minimum atomic E-state index is -0.279. The van der Waals surface area contributed by atoms with E-state index in [0.717, 1.165) is 27.7 Å². The van der Waals surface area contributed by atoms with Crippen LogP contribution in [0.5, 0.6) is 0 Å². The first-order valence-corrected chi connectivity index (χ1v) is 8.43. The first kappa shape index (κ1) is 15.3. The molecule has 0 spiro atoms. The van der Waals surface area contributed by atoms with Crippen molar-refractivity contribution < 1.29 is 0 Å². The van der Waals surface area contributed by atoms with Gasteiger partial charge >= 0.3 is 0 Å². The summed E-state index contributed by atoms with van der Waals surface area (Å²) in [6, 6.07) is 18.0. The first-order valence-electron chi connectivity index (χ1n) is 8.43. The SMILES string of the molecule is O=c1[nH]c(Nc2cccc3c(-c4ccccc4)ccnc23)nc2nc[nH]c12. The van der Waals surface area contributed by atoms with Crippen molar-refractivity contribution in [1.82, 2.24) is 24.9 Å². The number of rotatable bonds is 3. The average molecular weight is 354 g/mol. The Kier molecular flexibility index (Phi) is 3.43. The highest BCUT2D eigenvalue weighted by atomic mass is 16.1. The van der Waals surface area contributed by atoms with Crippen LogP contribution in [-0.2, 0) is 0 Å². The number of para-hydroxylation sites is 1. The lowest BCUT2D eigenvalue weighted by Crippen LogP contribution is -2.11. The van der Waals surface area contributed by atoms with Gasteiger partial charge in [-0.2, -0.15) is 4.98 Å². The van der Waals surface area contributed by atoms with Crippen molar-refractivity contribution in [1.29, 1.82) is 0 Å². The summed E-state index contributed by atoms with van der Waals surface area (Å²) in [5.41, 5.74) is 4.19. The van der Waals surface area contributed by atoms with Gasteiger partial charge in [0.25, 0.3) is 5.56 Å². The molecule has 3 N–H and O–H groups in total. The van der Waals surface area contributed by atoms with Crippen LogP contribution in [0.25, 0.3) is 33.2 Å². The molecule has 0 saturated heterocycles. The number of nitrogens with one attached hydrogen (secondary N) is 3. The summed E-state index contributed by atoms with van der Waals surface area (Å²) >= 11 is 0. The molecule has 5 rings (SSSR count). The third-order valence-corrected chi connectivity index (χ3v) is 4.40. The van der Waals surface area contributed by atoms with E-state index in [1.165, 1.54) is 6.33 Å². The van der Waals surface area contributed by atoms with E-state index in [0.29, 0.717) is 17.1 Å². The van der Waals surface area contributed by atoms with E-state index in [1.807, 2.05) is 42.5 Å². The van der Waals surface area contributed by atoms with Gasteiger partial charge in [0.15, 0.2) is 11.2 Å². The van der Waals surface area contributed by atoms with Crippen LogP contribution in [0.2, 0.25) is 0 Å². The number of imidazole rings is 1. The quantitative estimate of drug-likeness (QED) is 0.460. The van der Waals surface area contributed by atoms with Crippen molar-refractivity contribution in [3.8, 4) is 11.1 Å². The molecule has 0 saturated carbocycles. The number of anilines is 2. The Morgan fingerprint density at radius 3 is 2.70 bits per heavy atom. The minimum absolute atomic E-state index is 0.279. The van der Waals surface area contributed by atoms with Crippen molar-refractivity contribution in [2.45, 2.75) is 0 Å². The van der Waals surface area contributed by atoms with Gasteiger partial charge in [-0.3, -0.25) is 14.8 Å². The Hall–Kier alpha value is -4.00. The largest absolute Gasteiger partial charge is 0.339 e. The van der Waals surface area contributed by atoms with E-state index in [1.54, 1.807) is 6.20 Å². The van der Waals surface area contributed by atoms with Gasteiger partial charge in [-0.15, -0.1) is 0 Å². The molecule has 0 fully saturated rings. The number of pyridine rings is 1. The number of nitrogens with zero attached hydrogens (tertiary/aromatic N) is 3. The predicted octanol–water partition coefficient (Wildman–Crippen LogP) is 3.61. The van der Waals surface area contributed by atoms with E-state index in [4.69, 9.17) is 0 Å². The molecular weight excluding hydrogens is 340 g/mol. The maximum absolute atomic E-state index is 12.1. The molecule has 3 aromatic heterocycles. The van der Waals surface area contributed by atoms with Gasteiger partial charge < -0.3 is 10.3 Å². The summed E-state index contributed by atoms with van der Waals surface area (Å²) in [7, 11) is 0. The first-order chi connectivity index (χ1) is 13.3. The average Bonchev–Trinajstić information content (AvgIpc) is 3.18. The molecule has 0 aliphatic heterocycles. The number of hydrogen-bond acceptors (Lipinski definition) is 5. The summed E-state index contributed by atoms with van der Waals surface area (Å²) in [6.45, 7) is 0. The molecule has 0 unspecified atom stereocenters. The molecule has 0 aliphatic carbocycles. The van der Waals surface area contributed by atoms with E-state index in [2.05, 4.69) is 42.4 Å². The monoisotopic (exact) mass is 354 g/mol. The highest BCUT2D eigenvalue weighted by Crippen LogP contribution is 2.31. The fourth-order valence-electron chi connectivity index (χ4n) is 3.18. The molecule has 27 heavy (non-hydrogen) atoms. The van der Waals surface area contributed by atoms with Crippen molar-refractivity contribution in [2.75, 3.05) is 5.32 Å². The molecule has 5 aromatic rings. The van der Waals surface area contributed by atoms with Crippen LogP contribution in [0.1, 0.15) is 0 Å². The van der Waals surface area contributed by atoms with E-state index in [9.17, 15) is 4.79 Å². The standard InChI is InChI=1S/C20H14N6O/c27-19-17-18(23-11-22-17)25-20(26-19)24-15-8-4-7-14-13(9-10-21-16(14)15)12-5-2-1-3-6-12/h1-11H,(H3,22,23,24,25,26,27). The molecule has 0 radical (unpaired) electrons. The topological polar surface area (TPSA) is 99.3 Å². The third kappa shape index (κ3) is 2.62. The summed E-state index contributed by atoms with van der Waals surface area (Å²) in [6.07, 6.45) is 3.23. The molecule has 2 aromatic carbocycles. The molecule has 0 atom stereocenters. The fourth-order valence-corrected chi connectivity index (χ4v) is 3.18. The second-order valence-corrected chi connectivity index (χ2v) is 6.07. The number of fused-ring (bicyclic) bond motifs is 2. The lowest BCUT2D eigenvalue weighted by Gasteiger charge is -2.11. The second-order valence-electron chi connectivity index (χ2n) is 6.07. The van der Waals surface area contributed by atoms with Crippen LogP contribution in [0, 0.1) is 0 Å². The molecule has 3 heterocycles. The van der Waals surface area contributed by atoms with Gasteiger partial charge in [0, 0.05) is 11.6 Å². The van der Waals surface area contributed by atoms with Gasteiger partial charge in [-0.05, 0) is 23.3 Å². The second kappa shape index (κ2) is 6.06. The van der Waals surface area contributed by atoms with Gasteiger partial charge in [0.2, 0.25) is 5.95 Å². The smallest absolute Gasteiger partial charge is 0.278 e. The van der Waals surface area contributed by atoms with E-state index in [-0.39, 0.29) is 5.56 Å². The Labute approximate surface area is 153 Å². The zero-order valence-electron chi connectivity index (χ0n) is 14.1. The Morgan fingerprint density at radius 1 is 0.926 bits per heavy atom. The lowest BCUT2D eigenvalue weighted by molar-refractivity contribution is 1.15. The molecular formula is C20H14N6O. The molecule has 0 aliphatic rings. The summed E-state index contributed by atoms with van der Waals surface area (Å²) in [5, 5.41) is 4.18. The zero-order chi connectivity index (χ0) is 18.2. The van der Waals surface area contributed by atoms with Crippen LogP contribution in [0.15, 0.2) is 71.9 Å². The summed E-state index contributed by atoms with van der Waals surface area (Å²) in [5.74, 6) is 0.319. The summed E-state index contributed by atoms with van der Waals surface area (Å²) in [4.78, 5) is 30.6. The van der Waals surface area contributed by atoms with E-state index >= 15 is 0 Å². The molecule has 7 heteroatoms. The Bertz CT molecular complexity index is 1320. The molecule has 130 valence electrons. The van der Waals surface area contributed by atoms with Gasteiger partial charge in [0.1, 0.15) is 0 Å². The normalized spacial score (nSPS) is 11.1. The number of aromatic amines is 2. The molecule has 0 bridgehead atoms. The fraction of sp³-hybridized carbons (Fsp3) is 0. The van der Waals surface area contributed by atoms with Crippen LogP contribution in [0.3, 0.4) is 0 Å². The third-order valence-electron chi connectivity index (χ3n) is 4.40. The van der Waals surface area contributed by atoms with Crippen LogP contribution in [0.4, 0.5) is 11.6 Å².